The van der Waals surface area contributed by atoms with E-state index in [0.717, 1.165) is 70.5 Å². The van der Waals surface area contributed by atoms with Crippen LogP contribution in [0.2, 0.25) is 0 Å². The van der Waals surface area contributed by atoms with E-state index in [-0.39, 0.29) is 6.04 Å². The van der Waals surface area contributed by atoms with Crippen LogP contribution in [0, 0.1) is 6.92 Å². The third kappa shape index (κ3) is 4.39. The summed E-state index contributed by atoms with van der Waals surface area (Å²) in [5.74, 6) is 2.36. The van der Waals surface area contributed by atoms with Gasteiger partial charge in [0.05, 0.1) is 35.5 Å². The van der Waals surface area contributed by atoms with Crippen molar-refractivity contribution in [1.29, 1.82) is 0 Å². The number of nitrogens with zero attached hydrogens (tertiary/aromatic N) is 7. The van der Waals surface area contributed by atoms with Gasteiger partial charge in [-0.15, -0.1) is 0 Å². The second kappa shape index (κ2) is 10.3. The zero-order valence-corrected chi connectivity index (χ0v) is 21.6. The summed E-state index contributed by atoms with van der Waals surface area (Å²) in [7, 11) is 0. The monoisotopic (exact) mass is 492 g/mol. The third-order valence-corrected chi connectivity index (χ3v) is 6.54. The standard InChI is InChI=1S/C26H24N8.C3H8/c1-16-7-4-9-20-22(16)18(3)34(19-8-5-11-27-13-19)25(32-20)21-10-6-12-33(21)26-23-17(2)28-14-29-24(23)30-15-31-26;1-3-2/h4-5,7-9,11,13-15,21H,2-3,6,10,12H2,1H3,(H,28,29,30,31);3H2,1-2H3. The summed E-state index contributed by atoms with van der Waals surface area (Å²) in [5.41, 5.74) is 6.55. The van der Waals surface area contributed by atoms with E-state index in [1.165, 1.54) is 6.42 Å². The molecule has 3 aromatic rings. The number of amidine groups is 1. The van der Waals surface area contributed by atoms with Gasteiger partial charge in [-0.05, 0) is 43.5 Å². The van der Waals surface area contributed by atoms with E-state index in [9.17, 15) is 0 Å². The Morgan fingerprint density at radius 1 is 1.08 bits per heavy atom. The first-order valence-corrected chi connectivity index (χ1v) is 12.7. The Hall–Kier alpha value is -4.33. The molecule has 0 amide bonds. The van der Waals surface area contributed by atoms with Crippen LogP contribution in [0.25, 0.3) is 11.4 Å². The smallest absolute Gasteiger partial charge is 0.168 e. The second-order valence-corrected chi connectivity index (χ2v) is 9.27. The van der Waals surface area contributed by atoms with Crippen LogP contribution in [0.1, 0.15) is 49.8 Å². The van der Waals surface area contributed by atoms with E-state index in [2.05, 4.69) is 81.1 Å². The molecule has 2 aromatic heterocycles. The van der Waals surface area contributed by atoms with Crippen LogP contribution in [0.4, 0.5) is 23.0 Å². The molecule has 1 aromatic carbocycles. The van der Waals surface area contributed by atoms with Crippen molar-refractivity contribution in [2.75, 3.05) is 16.3 Å². The molecule has 1 saturated heterocycles. The summed E-state index contributed by atoms with van der Waals surface area (Å²) >= 11 is 0. The van der Waals surface area contributed by atoms with Gasteiger partial charge >= 0.3 is 0 Å². The highest BCUT2D eigenvalue weighted by atomic mass is 15.3. The van der Waals surface area contributed by atoms with Gasteiger partial charge in [0.2, 0.25) is 0 Å². The predicted molar refractivity (Wildman–Crippen MR) is 153 cm³/mol. The average molecular weight is 493 g/mol. The van der Waals surface area contributed by atoms with Crippen LogP contribution in [0.3, 0.4) is 0 Å². The number of aryl methyl sites for hydroxylation is 1. The minimum Gasteiger partial charge on any atom is -0.346 e. The van der Waals surface area contributed by atoms with E-state index in [4.69, 9.17) is 4.99 Å². The van der Waals surface area contributed by atoms with Crippen molar-refractivity contribution >= 4 is 46.6 Å². The van der Waals surface area contributed by atoms with E-state index in [1.54, 1.807) is 18.9 Å². The largest absolute Gasteiger partial charge is 0.346 e. The molecule has 0 spiro atoms. The van der Waals surface area contributed by atoms with E-state index in [0.29, 0.717) is 5.82 Å². The van der Waals surface area contributed by atoms with Gasteiger partial charge in [-0.25, -0.2) is 20.0 Å². The first-order chi connectivity index (χ1) is 18.0. The van der Waals surface area contributed by atoms with E-state index < -0.39 is 0 Å². The van der Waals surface area contributed by atoms with Crippen molar-refractivity contribution in [3.05, 3.63) is 78.9 Å². The van der Waals surface area contributed by atoms with Crippen molar-refractivity contribution in [3.8, 4) is 0 Å². The lowest BCUT2D eigenvalue weighted by atomic mass is 9.99. The number of aromatic nitrogens is 3. The SMILES string of the molecule is C=C1NC=Nc2ncnc(N3CCCC3C3=Nc4cccc(C)c4C(=C)N3c3cccnc3)c21.CCC. The van der Waals surface area contributed by atoms with Gasteiger partial charge in [-0.1, -0.05) is 45.6 Å². The maximum Gasteiger partial charge on any atom is 0.168 e. The number of anilines is 2. The highest BCUT2D eigenvalue weighted by molar-refractivity contribution is 6.16. The Morgan fingerprint density at radius 3 is 2.70 bits per heavy atom. The molecule has 37 heavy (non-hydrogen) atoms. The van der Waals surface area contributed by atoms with E-state index in [1.807, 2.05) is 24.4 Å². The summed E-state index contributed by atoms with van der Waals surface area (Å²) < 4.78 is 0. The molecule has 0 saturated carbocycles. The number of rotatable bonds is 3. The lowest BCUT2D eigenvalue weighted by Crippen LogP contribution is -2.47. The number of fused-ring (bicyclic) bond motifs is 2. The second-order valence-electron chi connectivity index (χ2n) is 9.27. The molecule has 3 aliphatic heterocycles. The van der Waals surface area contributed by atoms with Crippen LogP contribution < -0.4 is 15.1 Å². The van der Waals surface area contributed by atoms with Crippen LogP contribution in [-0.2, 0) is 0 Å². The zero-order valence-electron chi connectivity index (χ0n) is 21.6. The first kappa shape index (κ1) is 24.4. The number of pyridine rings is 1. The topological polar surface area (TPSA) is 81.9 Å². The normalized spacial score (nSPS) is 17.9. The van der Waals surface area contributed by atoms with Gasteiger partial charge in [-0.2, -0.15) is 0 Å². The number of aliphatic imine (C=N–C) groups is 2. The maximum atomic E-state index is 5.20. The molecule has 8 nitrogen and oxygen atoms in total. The van der Waals surface area contributed by atoms with Crippen LogP contribution >= 0.6 is 0 Å². The fourth-order valence-corrected chi connectivity index (χ4v) is 5.03. The Morgan fingerprint density at radius 2 is 1.92 bits per heavy atom. The van der Waals surface area contributed by atoms with E-state index >= 15 is 0 Å². The summed E-state index contributed by atoms with van der Waals surface area (Å²) in [6.07, 6.45) is 10.0. The van der Waals surface area contributed by atoms with Crippen LogP contribution in [-0.4, -0.2) is 39.7 Å². The van der Waals surface area contributed by atoms with Gasteiger partial charge < -0.3 is 10.2 Å². The van der Waals surface area contributed by atoms with Gasteiger partial charge in [0.1, 0.15) is 18.0 Å². The number of benzene rings is 1. The van der Waals surface area contributed by atoms with Crippen LogP contribution in [0.15, 0.2) is 72.2 Å². The van der Waals surface area contributed by atoms with Crippen molar-refractivity contribution in [1.82, 2.24) is 20.3 Å². The highest BCUT2D eigenvalue weighted by Gasteiger charge is 2.39. The Labute approximate surface area is 218 Å². The Balaban J connectivity index is 0.000000892. The number of hydrogen-bond donors (Lipinski definition) is 1. The predicted octanol–water partition coefficient (Wildman–Crippen LogP) is 6.02. The van der Waals surface area contributed by atoms with Gasteiger partial charge in [0, 0.05) is 29.7 Å². The van der Waals surface area contributed by atoms with Gasteiger partial charge in [0.15, 0.2) is 5.82 Å². The van der Waals surface area contributed by atoms with Crippen molar-refractivity contribution in [2.24, 2.45) is 9.98 Å². The Bertz CT molecular complexity index is 1390. The molecule has 8 heteroatoms. The molecule has 3 aliphatic rings. The quantitative estimate of drug-likeness (QED) is 0.481. The van der Waals surface area contributed by atoms with Crippen molar-refractivity contribution < 1.29 is 0 Å². The molecule has 0 bridgehead atoms. The molecular formula is C29H32N8. The summed E-state index contributed by atoms with van der Waals surface area (Å²) in [4.78, 5) is 27.4. The molecule has 1 fully saturated rings. The third-order valence-electron chi connectivity index (χ3n) is 6.54. The minimum absolute atomic E-state index is 0.0108. The van der Waals surface area contributed by atoms with Crippen molar-refractivity contribution in [3.63, 3.8) is 0 Å². The fraction of sp³-hybridized carbons (Fsp3) is 0.276. The van der Waals surface area contributed by atoms with Gasteiger partial charge in [0.25, 0.3) is 0 Å². The number of nitrogens with one attached hydrogen (secondary N) is 1. The molecule has 1 unspecified atom stereocenters. The highest BCUT2D eigenvalue weighted by Crippen LogP contribution is 2.42. The molecule has 188 valence electrons. The molecule has 5 heterocycles. The average Bonchev–Trinajstić information content (AvgIpc) is 3.39. The Kier molecular flexibility index (Phi) is 6.81. The zero-order chi connectivity index (χ0) is 25.9. The van der Waals surface area contributed by atoms with Gasteiger partial charge in [-0.3, -0.25) is 9.88 Å². The first-order valence-electron chi connectivity index (χ1n) is 12.7. The molecule has 1 N–H and O–H groups in total. The fourth-order valence-electron chi connectivity index (χ4n) is 5.03. The lowest BCUT2D eigenvalue weighted by molar-refractivity contribution is 0.813. The van der Waals surface area contributed by atoms with Crippen molar-refractivity contribution in [2.45, 2.75) is 46.1 Å². The summed E-state index contributed by atoms with van der Waals surface area (Å²) in [6.45, 7) is 15.9. The lowest BCUT2D eigenvalue weighted by Gasteiger charge is -2.38. The molecule has 0 aliphatic carbocycles. The maximum absolute atomic E-state index is 5.20. The minimum atomic E-state index is -0.0108. The molecule has 0 radical (unpaired) electrons. The molecule has 1 atom stereocenters. The molecular weight excluding hydrogens is 460 g/mol. The number of hydrogen-bond acceptors (Lipinski definition) is 8. The van der Waals surface area contributed by atoms with Crippen LogP contribution in [0.5, 0.6) is 0 Å². The molecule has 6 rings (SSSR count). The summed E-state index contributed by atoms with van der Waals surface area (Å²) in [5, 5.41) is 3.10. The summed E-state index contributed by atoms with van der Waals surface area (Å²) in [6, 6.07) is 10.2.